The lowest BCUT2D eigenvalue weighted by atomic mass is 9.44. The van der Waals surface area contributed by atoms with Crippen LogP contribution in [-0.2, 0) is 35.3 Å². The quantitative estimate of drug-likeness (QED) is 0.208. The van der Waals surface area contributed by atoms with E-state index in [0.717, 1.165) is 31.7 Å². The zero-order valence-corrected chi connectivity index (χ0v) is 30.9. The Morgan fingerprint density at radius 3 is 2.08 bits per heavy atom. The number of phenols is 1. The Hall–Kier alpha value is -3.71. The van der Waals surface area contributed by atoms with Gasteiger partial charge in [0.2, 0.25) is 5.78 Å². The molecule has 3 aliphatic rings. The van der Waals surface area contributed by atoms with Crippen molar-refractivity contribution >= 4 is 17.3 Å². The number of allylic oxidation sites excluding steroid dienone is 2. The lowest BCUT2D eigenvalue weighted by Crippen LogP contribution is -2.67. The molecule has 264 valence electrons. The van der Waals surface area contributed by atoms with E-state index in [4.69, 9.17) is 0 Å². The highest BCUT2D eigenvalue weighted by molar-refractivity contribution is 6.25. The van der Waals surface area contributed by atoms with Gasteiger partial charge >= 0.3 is 0 Å². The molecule has 0 heterocycles. The molecular weight excluding hydrogens is 616 g/mol. The van der Waals surface area contributed by atoms with Crippen molar-refractivity contribution in [3.05, 3.63) is 86.4 Å². The van der Waals surface area contributed by atoms with Crippen molar-refractivity contribution in [1.82, 2.24) is 0 Å². The van der Waals surface area contributed by atoms with Gasteiger partial charge in [0, 0.05) is 22.3 Å². The van der Waals surface area contributed by atoms with Crippen molar-refractivity contribution in [2.24, 2.45) is 28.1 Å². The van der Waals surface area contributed by atoms with E-state index in [2.05, 4.69) is 45.0 Å². The largest absolute Gasteiger partial charge is 0.511 e. The third-order valence-electron chi connectivity index (χ3n) is 11.4. The molecule has 0 radical (unpaired) electrons. The van der Waals surface area contributed by atoms with Gasteiger partial charge in [-0.1, -0.05) is 92.6 Å². The van der Waals surface area contributed by atoms with Crippen LogP contribution in [0.1, 0.15) is 126 Å². The zero-order valence-electron chi connectivity index (χ0n) is 30.9. The molecule has 0 saturated carbocycles. The second-order valence-corrected chi connectivity index (χ2v) is 17.4. The number of benzene rings is 2. The summed E-state index contributed by atoms with van der Waals surface area (Å²) in [6.07, 6.45) is 3.43. The molecule has 0 amide bonds. The molecule has 0 aromatic heterocycles. The topological polar surface area (TPSA) is 132 Å². The van der Waals surface area contributed by atoms with Crippen molar-refractivity contribution < 1.29 is 34.8 Å². The number of carbonyl (C=O) groups excluding carboxylic acids is 3. The van der Waals surface area contributed by atoms with Crippen LogP contribution in [0.25, 0.3) is 0 Å². The normalized spacial score (nSPS) is 27.1. The molecule has 7 heteroatoms. The Morgan fingerprint density at radius 1 is 0.959 bits per heavy atom. The van der Waals surface area contributed by atoms with Crippen LogP contribution in [0.4, 0.5) is 0 Å². The number of hydrogen-bond acceptors (Lipinski definition) is 7. The summed E-state index contributed by atoms with van der Waals surface area (Å²) in [5.41, 5.74) is -0.666. The molecule has 2 aromatic carbocycles. The molecule has 4 N–H and O–H groups in total. The molecular formula is C42H54O7. The van der Waals surface area contributed by atoms with Crippen LogP contribution in [0, 0.1) is 28.1 Å². The predicted molar refractivity (Wildman–Crippen MR) is 191 cm³/mol. The van der Waals surface area contributed by atoms with E-state index in [9.17, 15) is 34.8 Å². The number of Topliss-reactive ketones (excluding diaryl/α,β-unsaturated/α-hetero) is 3. The maximum Gasteiger partial charge on any atom is 0.209 e. The predicted octanol–water partition coefficient (Wildman–Crippen LogP) is 8.23. The van der Waals surface area contributed by atoms with Crippen LogP contribution < -0.4 is 0 Å². The average molecular weight is 671 g/mol. The minimum atomic E-state index is -2.62. The van der Waals surface area contributed by atoms with Gasteiger partial charge in [0.1, 0.15) is 22.8 Å². The van der Waals surface area contributed by atoms with E-state index < -0.39 is 51.0 Å². The van der Waals surface area contributed by atoms with Gasteiger partial charge in [0.15, 0.2) is 17.2 Å². The molecule has 7 nitrogen and oxygen atoms in total. The first-order chi connectivity index (χ1) is 22.6. The highest BCUT2D eigenvalue weighted by Gasteiger charge is 2.71. The van der Waals surface area contributed by atoms with Crippen molar-refractivity contribution in [2.45, 2.75) is 119 Å². The summed E-state index contributed by atoms with van der Waals surface area (Å²) in [6.45, 7) is 19.1. The summed E-state index contributed by atoms with van der Waals surface area (Å²) < 4.78 is 0. The number of rotatable bonds is 8. The summed E-state index contributed by atoms with van der Waals surface area (Å²) >= 11 is 0. The van der Waals surface area contributed by atoms with Crippen LogP contribution >= 0.6 is 0 Å². The number of aryl methyl sites for hydroxylation is 2. The van der Waals surface area contributed by atoms with Gasteiger partial charge in [0.25, 0.3) is 0 Å². The maximum atomic E-state index is 14.6. The average Bonchev–Trinajstić information content (AvgIpc) is 2.95. The van der Waals surface area contributed by atoms with Gasteiger partial charge in [-0.15, -0.1) is 0 Å². The Bertz CT molecular complexity index is 1780. The van der Waals surface area contributed by atoms with E-state index in [1.54, 1.807) is 6.92 Å². The highest BCUT2D eigenvalue weighted by Crippen LogP contribution is 2.65. The summed E-state index contributed by atoms with van der Waals surface area (Å²) in [4.78, 5) is 41.3. The molecule has 5 rings (SSSR count). The van der Waals surface area contributed by atoms with Crippen LogP contribution in [-0.4, -0.2) is 43.4 Å². The Labute approximate surface area is 291 Å². The molecule has 0 bridgehead atoms. The van der Waals surface area contributed by atoms with E-state index in [0.29, 0.717) is 17.5 Å². The number of ketones is 3. The summed E-state index contributed by atoms with van der Waals surface area (Å²) in [7, 11) is 0. The third-order valence-corrected chi connectivity index (χ3v) is 11.4. The number of aromatic hydroxyl groups is 1. The van der Waals surface area contributed by atoms with Crippen molar-refractivity contribution in [3.63, 3.8) is 0 Å². The van der Waals surface area contributed by atoms with Gasteiger partial charge in [-0.05, 0) is 90.5 Å². The number of aliphatic hydroxyl groups excluding tert-OH is 2. The summed E-state index contributed by atoms with van der Waals surface area (Å²) in [6, 6.07) is 10.6. The van der Waals surface area contributed by atoms with Crippen LogP contribution in [0.5, 0.6) is 5.75 Å². The van der Waals surface area contributed by atoms with E-state index in [1.807, 2.05) is 40.7 Å². The fourth-order valence-electron chi connectivity index (χ4n) is 9.51. The van der Waals surface area contributed by atoms with E-state index in [-0.39, 0.29) is 52.7 Å². The molecule has 0 fully saturated rings. The Kier molecular flexibility index (Phi) is 9.15. The molecule has 0 saturated heterocycles. The van der Waals surface area contributed by atoms with Gasteiger partial charge < -0.3 is 20.4 Å². The van der Waals surface area contributed by atoms with Crippen LogP contribution in [0.2, 0.25) is 0 Å². The molecule has 3 aliphatic carbocycles. The van der Waals surface area contributed by atoms with Crippen molar-refractivity contribution in [3.8, 4) is 5.75 Å². The first-order valence-electron chi connectivity index (χ1n) is 17.7. The van der Waals surface area contributed by atoms with Gasteiger partial charge in [-0.25, -0.2) is 0 Å². The lowest BCUT2D eigenvalue weighted by Gasteiger charge is -2.59. The highest BCUT2D eigenvalue weighted by atomic mass is 16.3. The van der Waals surface area contributed by atoms with Crippen molar-refractivity contribution in [1.29, 1.82) is 0 Å². The zero-order chi connectivity index (χ0) is 36.6. The van der Waals surface area contributed by atoms with Crippen LogP contribution in [0.15, 0.2) is 53.0 Å². The first kappa shape index (κ1) is 36.6. The van der Waals surface area contributed by atoms with Gasteiger partial charge in [-0.3, -0.25) is 14.4 Å². The van der Waals surface area contributed by atoms with E-state index >= 15 is 0 Å². The second-order valence-electron chi connectivity index (χ2n) is 17.4. The number of fused-ring (bicyclic) bond motifs is 3. The van der Waals surface area contributed by atoms with Crippen molar-refractivity contribution in [2.75, 3.05) is 0 Å². The number of hydrogen-bond donors (Lipinski definition) is 4. The SMILES string of the molecule is CC(=O)C1=C(O)C(C(C)C)[C@@]2(C)C[C@@]3(C)Cc4c(C(C)C)cc(CCCc5ccc(CC(C)(C)C)cc5)c(O)c4C(=O)C3=C(O)[C@@]2(O)C1=O. The number of carbonyl (C=O) groups is 3. The summed E-state index contributed by atoms with van der Waals surface area (Å²) in [5, 5.41) is 47.5. The molecule has 4 atom stereocenters. The summed E-state index contributed by atoms with van der Waals surface area (Å²) in [5.74, 6) is -4.88. The molecule has 1 unspecified atom stereocenters. The van der Waals surface area contributed by atoms with E-state index in [1.165, 1.54) is 11.1 Å². The first-order valence-corrected chi connectivity index (χ1v) is 17.7. The van der Waals surface area contributed by atoms with Gasteiger partial charge in [-0.2, -0.15) is 0 Å². The maximum absolute atomic E-state index is 14.6. The number of aliphatic hydroxyl groups is 3. The minimum absolute atomic E-state index is 0.0277. The van der Waals surface area contributed by atoms with Crippen LogP contribution in [0.3, 0.4) is 0 Å². The molecule has 0 aliphatic heterocycles. The Balaban J connectivity index is 1.57. The fraction of sp³-hybridized carbons (Fsp3) is 0.548. The molecule has 49 heavy (non-hydrogen) atoms. The lowest BCUT2D eigenvalue weighted by molar-refractivity contribution is -0.171. The third kappa shape index (κ3) is 5.76. The Morgan fingerprint density at radius 2 is 1.55 bits per heavy atom. The second kappa shape index (κ2) is 12.3. The fourth-order valence-corrected chi connectivity index (χ4v) is 9.51. The van der Waals surface area contributed by atoms with Gasteiger partial charge in [0.05, 0.1) is 5.56 Å². The molecule has 2 aromatic rings. The standard InChI is InChI=1S/C42H54O7/c1-22(2)28-18-27(13-11-12-25-14-16-26(17-15-25)19-39(6,7)8)34(44)31-29(28)20-40(9)21-41(10)32(23(3)4)35(45)30(24(5)43)37(47)42(41,49)38(48)33(40)36(31)46/h14-18,22-23,32,44-45,48-49H,11-13,19-21H2,1-10H3/t32?,40-,41-,42+/m1/s1. The smallest absolute Gasteiger partial charge is 0.209 e. The number of phenolic OH excluding ortho intramolecular Hbond substituents is 1. The minimum Gasteiger partial charge on any atom is -0.511 e. The molecule has 0 spiro atoms. The monoisotopic (exact) mass is 670 g/mol.